The molecule has 0 aromatic heterocycles. The number of hydrogen-bond donors (Lipinski definition) is 2. The van der Waals surface area contributed by atoms with Crippen LogP contribution in [-0.2, 0) is 0 Å². The maximum absolute atomic E-state index is 10.9. The fourth-order valence-electron chi connectivity index (χ4n) is 2.34. The first-order valence-corrected chi connectivity index (χ1v) is 6.73. The molecule has 21 heavy (non-hydrogen) atoms. The van der Waals surface area contributed by atoms with Crippen molar-refractivity contribution in [3.8, 4) is 0 Å². The third-order valence-electron chi connectivity index (χ3n) is 3.29. The monoisotopic (exact) mass is 290 g/mol. The summed E-state index contributed by atoms with van der Waals surface area (Å²) < 4.78 is 0. The van der Waals surface area contributed by atoms with E-state index in [0.29, 0.717) is 5.56 Å². The number of benzene rings is 1. The van der Waals surface area contributed by atoms with E-state index in [9.17, 15) is 10.1 Å². The van der Waals surface area contributed by atoms with Gasteiger partial charge in [0, 0.05) is 36.5 Å². The van der Waals surface area contributed by atoms with Gasteiger partial charge in [0.2, 0.25) is 5.96 Å². The van der Waals surface area contributed by atoms with E-state index in [1.54, 1.807) is 6.07 Å². The van der Waals surface area contributed by atoms with E-state index in [0.717, 1.165) is 31.6 Å². The lowest BCUT2D eigenvalue weighted by Gasteiger charge is -2.29. The van der Waals surface area contributed by atoms with Gasteiger partial charge in [-0.15, -0.1) is 5.10 Å². The Hall–Kier alpha value is -2.64. The van der Waals surface area contributed by atoms with Crippen LogP contribution in [0, 0.1) is 10.1 Å². The minimum atomic E-state index is -0.433. The minimum absolute atomic E-state index is 0.0157. The molecule has 0 amide bonds. The first-order valence-electron chi connectivity index (χ1n) is 6.73. The van der Waals surface area contributed by atoms with Gasteiger partial charge >= 0.3 is 0 Å². The van der Waals surface area contributed by atoms with Crippen LogP contribution < -0.4 is 16.4 Å². The van der Waals surface area contributed by atoms with Crippen LogP contribution in [-0.4, -0.2) is 30.2 Å². The van der Waals surface area contributed by atoms with Gasteiger partial charge in [-0.05, 0) is 25.3 Å². The Bertz CT molecular complexity index is 574. The normalized spacial score (nSPS) is 15.1. The Morgan fingerprint density at radius 1 is 1.29 bits per heavy atom. The van der Waals surface area contributed by atoms with Crippen molar-refractivity contribution in [3.63, 3.8) is 0 Å². The number of anilines is 1. The average Bonchev–Trinajstić information content (AvgIpc) is 2.47. The molecule has 0 aliphatic carbocycles. The fraction of sp³-hybridized carbons (Fsp3) is 0.385. The van der Waals surface area contributed by atoms with E-state index < -0.39 is 4.92 Å². The molecule has 1 aliphatic heterocycles. The number of nitrogens with two attached hydrogens (primary N) is 2. The number of nitro benzene ring substituents is 1. The van der Waals surface area contributed by atoms with Gasteiger partial charge in [-0.2, -0.15) is 5.10 Å². The van der Waals surface area contributed by atoms with Crippen LogP contribution in [0.3, 0.4) is 0 Å². The summed E-state index contributed by atoms with van der Waals surface area (Å²) >= 11 is 0. The maximum Gasteiger partial charge on any atom is 0.270 e. The van der Waals surface area contributed by atoms with E-state index in [-0.39, 0.29) is 11.6 Å². The molecule has 0 atom stereocenters. The molecule has 1 fully saturated rings. The molecule has 1 aromatic carbocycles. The highest BCUT2D eigenvalue weighted by atomic mass is 16.6. The van der Waals surface area contributed by atoms with Gasteiger partial charge in [0.15, 0.2) is 0 Å². The van der Waals surface area contributed by atoms with E-state index in [2.05, 4.69) is 15.1 Å². The lowest BCUT2D eigenvalue weighted by molar-refractivity contribution is -0.384. The molecule has 2 rings (SSSR count). The van der Waals surface area contributed by atoms with Crippen molar-refractivity contribution in [2.24, 2.45) is 21.7 Å². The topological polar surface area (TPSA) is 123 Å². The molecule has 0 radical (unpaired) electrons. The number of rotatable bonds is 4. The molecule has 8 heteroatoms. The van der Waals surface area contributed by atoms with Crippen molar-refractivity contribution in [3.05, 3.63) is 33.9 Å². The average molecular weight is 290 g/mol. The van der Waals surface area contributed by atoms with Gasteiger partial charge in [-0.1, -0.05) is 0 Å². The van der Waals surface area contributed by atoms with Crippen LogP contribution in [0.15, 0.2) is 28.4 Å². The lowest BCUT2D eigenvalue weighted by atomic mass is 10.1. The zero-order valence-corrected chi connectivity index (χ0v) is 11.6. The van der Waals surface area contributed by atoms with Crippen LogP contribution in [0.5, 0.6) is 0 Å². The highest BCUT2D eigenvalue weighted by Gasteiger charge is 2.16. The summed E-state index contributed by atoms with van der Waals surface area (Å²) in [6.45, 7) is 1.86. The predicted octanol–water partition coefficient (Wildman–Crippen LogP) is 1.19. The quantitative estimate of drug-likeness (QED) is 0.373. The van der Waals surface area contributed by atoms with Crippen molar-refractivity contribution in [1.29, 1.82) is 0 Å². The second-order valence-electron chi connectivity index (χ2n) is 4.82. The number of nitro groups is 1. The van der Waals surface area contributed by atoms with Gasteiger partial charge in [-0.25, -0.2) is 0 Å². The smallest absolute Gasteiger partial charge is 0.270 e. The molecule has 4 N–H and O–H groups in total. The van der Waals surface area contributed by atoms with Crippen LogP contribution in [0.4, 0.5) is 11.4 Å². The Kier molecular flexibility index (Phi) is 4.70. The standard InChI is InChI=1S/C13H18N6O2/c14-13(15)17-16-9-10-8-11(19(20)21)4-5-12(10)18-6-2-1-3-7-18/h4-5,8-9H,1-3,6-7H2,(H4,14,15,17). The molecule has 1 aromatic rings. The molecular formula is C13H18N6O2. The molecule has 1 heterocycles. The van der Waals surface area contributed by atoms with Gasteiger partial charge < -0.3 is 16.4 Å². The van der Waals surface area contributed by atoms with Crippen LogP contribution in [0.2, 0.25) is 0 Å². The molecule has 1 aliphatic rings. The molecule has 0 saturated carbocycles. The third kappa shape index (κ3) is 3.91. The summed E-state index contributed by atoms with van der Waals surface area (Å²) in [5, 5.41) is 18.2. The second-order valence-corrected chi connectivity index (χ2v) is 4.82. The van der Waals surface area contributed by atoms with E-state index in [4.69, 9.17) is 11.5 Å². The first kappa shape index (κ1) is 14.8. The van der Waals surface area contributed by atoms with Crippen molar-refractivity contribution >= 4 is 23.5 Å². The fourth-order valence-corrected chi connectivity index (χ4v) is 2.34. The number of non-ortho nitro benzene ring substituents is 1. The Morgan fingerprint density at radius 3 is 2.62 bits per heavy atom. The van der Waals surface area contributed by atoms with Gasteiger partial charge in [0.25, 0.3) is 5.69 Å². The SMILES string of the molecule is NC(N)=NN=Cc1cc([N+](=O)[O-])ccc1N1CCCCC1. The van der Waals surface area contributed by atoms with Crippen molar-refractivity contribution in [2.75, 3.05) is 18.0 Å². The van der Waals surface area contributed by atoms with Crippen LogP contribution in [0.25, 0.3) is 0 Å². The van der Waals surface area contributed by atoms with Crippen LogP contribution >= 0.6 is 0 Å². The summed E-state index contributed by atoms with van der Waals surface area (Å²) in [7, 11) is 0. The molecule has 112 valence electrons. The molecule has 0 bridgehead atoms. The zero-order valence-electron chi connectivity index (χ0n) is 11.6. The highest BCUT2D eigenvalue weighted by Crippen LogP contribution is 2.26. The zero-order chi connectivity index (χ0) is 15.2. The summed E-state index contributed by atoms with van der Waals surface area (Å²) in [6.07, 6.45) is 4.88. The lowest BCUT2D eigenvalue weighted by Crippen LogP contribution is -2.30. The number of guanidine groups is 1. The Labute approximate surface area is 122 Å². The number of hydrogen-bond acceptors (Lipinski definition) is 5. The number of piperidine rings is 1. The van der Waals surface area contributed by atoms with Crippen molar-refractivity contribution < 1.29 is 4.92 Å². The third-order valence-corrected chi connectivity index (χ3v) is 3.29. The summed E-state index contributed by atoms with van der Waals surface area (Å²) in [4.78, 5) is 12.7. The first-order chi connectivity index (χ1) is 10.1. The van der Waals surface area contributed by atoms with Gasteiger partial charge in [-0.3, -0.25) is 10.1 Å². The largest absolute Gasteiger partial charge is 0.371 e. The summed E-state index contributed by atoms with van der Waals surface area (Å²) in [5.74, 6) is -0.156. The van der Waals surface area contributed by atoms with Gasteiger partial charge in [0.05, 0.1) is 11.1 Å². The molecule has 8 nitrogen and oxygen atoms in total. The van der Waals surface area contributed by atoms with Gasteiger partial charge in [0.1, 0.15) is 0 Å². The van der Waals surface area contributed by atoms with Crippen molar-refractivity contribution in [1.82, 2.24) is 0 Å². The van der Waals surface area contributed by atoms with Crippen molar-refractivity contribution in [2.45, 2.75) is 19.3 Å². The maximum atomic E-state index is 10.9. The second kappa shape index (κ2) is 6.69. The minimum Gasteiger partial charge on any atom is -0.371 e. The summed E-state index contributed by atoms with van der Waals surface area (Å²) in [5.41, 5.74) is 12.0. The molecular weight excluding hydrogens is 272 g/mol. The number of nitrogens with zero attached hydrogens (tertiary/aromatic N) is 4. The Morgan fingerprint density at radius 2 is 2.00 bits per heavy atom. The van der Waals surface area contributed by atoms with E-state index in [1.165, 1.54) is 24.8 Å². The molecule has 0 spiro atoms. The predicted molar refractivity (Wildman–Crippen MR) is 82.6 cm³/mol. The summed E-state index contributed by atoms with van der Waals surface area (Å²) in [6, 6.07) is 4.73. The van der Waals surface area contributed by atoms with E-state index in [1.807, 2.05) is 0 Å². The van der Waals surface area contributed by atoms with E-state index >= 15 is 0 Å². The molecule has 0 unspecified atom stereocenters. The highest BCUT2D eigenvalue weighted by molar-refractivity contribution is 5.89. The molecule has 1 saturated heterocycles. The van der Waals surface area contributed by atoms with Crippen LogP contribution in [0.1, 0.15) is 24.8 Å². The Balaban J connectivity index is 2.35.